The van der Waals surface area contributed by atoms with E-state index in [9.17, 15) is 9.59 Å². The molecule has 0 saturated heterocycles. The summed E-state index contributed by atoms with van der Waals surface area (Å²) in [6.07, 6.45) is 0.942. The molecule has 0 fully saturated rings. The molecule has 3 aromatic rings. The molecule has 0 amide bonds. The number of hydrogen-bond donors (Lipinski definition) is 0. The lowest BCUT2D eigenvalue weighted by Crippen LogP contribution is -2.14. The van der Waals surface area contributed by atoms with Crippen LogP contribution in [0.25, 0.3) is 0 Å². The van der Waals surface area contributed by atoms with Gasteiger partial charge in [-0.25, -0.2) is 0 Å². The van der Waals surface area contributed by atoms with E-state index in [-0.39, 0.29) is 18.2 Å². The van der Waals surface area contributed by atoms with Gasteiger partial charge in [-0.15, -0.1) is 11.3 Å². The molecular weight excluding hydrogens is 386 g/mol. The molecule has 0 atom stereocenters. The third-order valence-electron chi connectivity index (χ3n) is 4.96. The average molecular weight is 412 g/mol. The number of benzene rings is 1. The van der Waals surface area contributed by atoms with Crippen molar-refractivity contribution in [2.75, 3.05) is 13.7 Å². The van der Waals surface area contributed by atoms with Gasteiger partial charge in [-0.2, -0.15) is 0 Å². The van der Waals surface area contributed by atoms with Crippen molar-refractivity contribution in [2.24, 2.45) is 0 Å². The standard InChI is InChI=1S/C23H25NO4S/c1-15-12-20(16(2)24(15)10-9-19-6-5-11-29-19)21(26)14-28-22-8-7-18(17(3)25)13-23(22)27-4/h5-8,11-13H,9-10,14H2,1-4H3. The first kappa shape index (κ1) is 20.9. The minimum atomic E-state index is -0.0923. The lowest BCUT2D eigenvalue weighted by atomic mass is 10.1. The number of aryl methyl sites for hydroxylation is 2. The quantitative estimate of drug-likeness (QED) is 0.471. The van der Waals surface area contributed by atoms with E-state index >= 15 is 0 Å². The predicted molar refractivity (Wildman–Crippen MR) is 115 cm³/mol. The monoisotopic (exact) mass is 411 g/mol. The molecule has 0 aliphatic carbocycles. The summed E-state index contributed by atoms with van der Waals surface area (Å²) in [7, 11) is 1.51. The highest BCUT2D eigenvalue weighted by Gasteiger charge is 2.17. The van der Waals surface area contributed by atoms with Crippen LogP contribution in [0.1, 0.15) is 43.9 Å². The van der Waals surface area contributed by atoms with Crippen molar-refractivity contribution in [1.29, 1.82) is 0 Å². The highest BCUT2D eigenvalue weighted by molar-refractivity contribution is 7.09. The minimum absolute atomic E-state index is 0.0547. The third-order valence-corrected chi connectivity index (χ3v) is 5.90. The molecular formula is C23H25NO4S. The number of carbonyl (C=O) groups excluding carboxylic acids is 2. The fourth-order valence-electron chi connectivity index (χ4n) is 3.33. The van der Waals surface area contributed by atoms with Crippen molar-refractivity contribution < 1.29 is 19.1 Å². The van der Waals surface area contributed by atoms with Gasteiger partial charge in [0.1, 0.15) is 0 Å². The normalized spacial score (nSPS) is 10.8. The zero-order valence-corrected chi connectivity index (χ0v) is 18.0. The van der Waals surface area contributed by atoms with Gasteiger partial charge < -0.3 is 14.0 Å². The maximum Gasteiger partial charge on any atom is 0.202 e. The average Bonchev–Trinajstić information content (AvgIpc) is 3.32. The fraction of sp³-hybridized carbons (Fsp3) is 0.304. The van der Waals surface area contributed by atoms with E-state index in [1.54, 1.807) is 29.5 Å². The number of ketones is 2. The first-order valence-electron chi connectivity index (χ1n) is 9.44. The van der Waals surface area contributed by atoms with Crippen LogP contribution in [0.4, 0.5) is 0 Å². The molecule has 29 heavy (non-hydrogen) atoms. The third kappa shape index (κ3) is 4.77. The highest BCUT2D eigenvalue weighted by atomic mass is 32.1. The number of hydrogen-bond acceptors (Lipinski definition) is 5. The van der Waals surface area contributed by atoms with E-state index in [0.29, 0.717) is 22.6 Å². The number of carbonyl (C=O) groups is 2. The van der Waals surface area contributed by atoms with Crippen molar-refractivity contribution in [2.45, 2.75) is 33.7 Å². The number of thiophene rings is 1. The lowest BCUT2D eigenvalue weighted by Gasteiger charge is -2.12. The zero-order chi connectivity index (χ0) is 21.0. The summed E-state index contributed by atoms with van der Waals surface area (Å²) in [6, 6.07) is 11.1. The Balaban J connectivity index is 1.70. The molecule has 0 radical (unpaired) electrons. The molecule has 2 heterocycles. The van der Waals surface area contributed by atoms with Crippen molar-refractivity contribution in [3.8, 4) is 11.5 Å². The molecule has 3 rings (SSSR count). The molecule has 0 N–H and O–H groups in total. The minimum Gasteiger partial charge on any atom is -0.493 e. The van der Waals surface area contributed by atoms with Crippen LogP contribution >= 0.6 is 11.3 Å². The van der Waals surface area contributed by atoms with Gasteiger partial charge in [-0.05, 0) is 62.9 Å². The topological polar surface area (TPSA) is 57.5 Å². The largest absolute Gasteiger partial charge is 0.493 e. The van der Waals surface area contributed by atoms with Gasteiger partial charge in [-0.1, -0.05) is 6.07 Å². The molecule has 6 heteroatoms. The molecule has 2 aromatic heterocycles. The predicted octanol–water partition coefficient (Wildman–Crippen LogP) is 4.88. The van der Waals surface area contributed by atoms with Crippen LogP contribution in [0.5, 0.6) is 11.5 Å². The molecule has 1 aromatic carbocycles. The van der Waals surface area contributed by atoms with E-state index in [0.717, 1.165) is 24.4 Å². The van der Waals surface area contributed by atoms with Gasteiger partial charge in [0.15, 0.2) is 23.9 Å². The van der Waals surface area contributed by atoms with Gasteiger partial charge in [0.05, 0.1) is 7.11 Å². The number of rotatable bonds is 9. The number of nitrogens with zero attached hydrogens (tertiary/aromatic N) is 1. The van der Waals surface area contributed by atoms with Crippen LogP contribution in [0.15, 0.2) is 41.8 Å². The zero-order valence-electron chi connectivity index (χ0n) is 17.2. The van der Waals surface area contributed by atoms with E-state index in [1.165, 1.54) is 18.9 Å². The SMILES string of the molecule is COc1cc(C(C)=O)ccc1OCC(=O)c1cc(C)n(CCc2cccs2)c1C. The number of ether oxygens (including phenoxy) is 2. The van der Waals surface area contributed by atoms with Crippen molar-refractivity contribution in [3.05, 3.63) is 69.2 Å². The second kappa shape index (κ2) is 9.09. The molecule has 0 spiro atoms. The first-order valence-corrected chi connectivity index (χ1v) is 10.3. The Bertz CT molecular complexity index is 1020. The Labute approximate surface area is 174 Å². The van der Waals surface area contributed by atoms with Crippen LogP contribution in [0.2, 0.25) is 0 Å². The highest BCUT2D eigenvalue weighted by Crippen LogP contribution is 2.28. The van der Waals surface area contributed by atoms with E-state index in [4.69, 9.17) is 9.47 Å². The van der Waals surface area contributed by atoms with Crippen LogP contribution in [-0.4, -0.2) is 29.9 Å². The van der Waals surface area contributed by atoms with Crippen LogP contribution in [0, 0.1) is 13.8 Å². The Hall–Kier alpha value is -2.86. The molecule has 152 valence electrons. The Morgan fingerprint density at radius 1 is 1.10 bits per heavy atom. The van der Waals surface area contributed by atoms with Crippen molar-refractivity contribution in [3.63, 3.8) is 0 Å². The van der Waals surface area contributed by atoms with Gasteiger partial charge in [0.2, 0.25) is 5.78 Å². The summed E-state index contributed by atoms with van der Waals surface area (Å²) in [6.45, 7) is 6.23. The van der Waals surface area contributed by atoms with Gasteiger partial charge >= 0.3 is 0 Å². The molecule has 0 unspecified atom stereocenters. The van der Waals surface area contributed by atoms with Gasteiger partial charge in [0.25, 0.3) is 0 Å². The smallest absolute Gasteiger partial charge is 0.202 e. The number of Topliss-reactive ketones (excluding diaryl/α,β-unsaturated/α-hetero) is 2. The van der Waals surface area contributed by atoms with Crippen molar-refractivity contribution >= 4 is 22.9 Å². The Morgan fingerprint density at radius 3 is 2.55 bits per heavy atom. The molecule has 0 aliphatic rings. The summed E-state index contributed by atoms with van der Waals surface area (Å²) in [5.74, 6) is 0.739. The number of methoxy groups -OCH3 is 1. The lowest BCUT2D eigenvalue weighted by molar-refractivity contribution is 0.0917. The van der Waals surface area contributed by atoms with E-state index in [1.807, 2.05) is 19.9 Å². The van der Waals surface area contributed by atoms with Crippen LogP contribution < -0.4 is 9.47 Å². The van der Waals surface area contributed by atoms with E-state index in [2.05, 4.69) is 22.1 Å². The van der Waals surface area contributed by atoms with E-state index < -0.39 is 0 Å². The van der Waals surface area contributed by atoms with Crippen molar-refractivity contribution in [1.82, 2.24) is 4.57 Å². The summed E-state index contributed by atoms with van der Waals surface area (Å²) in [5.41, 5.74) is 3.22. The molecule has 5 nitrogen and oxygen atoms in total. The summed E-state index contributed by atoms with van der Waals surface area (Å²) < 4.78 is 13.2. The summed E-state index contributed by atoms with van der Waals surface area (Å²) >= 11 is 1.75. The molecule has 0 bridgehead atoms. The Kier molecular flexibility index (Phi) is 6.54. The van der Waals surface area contributed by atoms with Crippen LogP contribution in [-0.2, 0) is 13.0 Å². The van der Waals surface area contributed by atoms with Crippen LogP contribution in [0.3, 0.4) is 0 Å². The maximum absolute atomic E-state index is 12.8. The number of aromatic nitrogens is 1. The van der Waals surface area contributed by atoms with Gasteiger partial charge in [0, 0.05) is 33.9 Å². The summed E-state index contributed by atoms with van der Waals surface area (Å²) in [4.78, 5) is 25.6. The molecule has 0 saturated carbocycles. The van der Waals surface area contributed by atoms with Gasteiger partial charge in [-0.3, -0.25) is 9.59 Å². The Morgan fingerprint density at radius 2 is 1.90 bits per heavy atom. The fourth-order valence-corrected chi connectivity index (χ4v) is 4.03. The summed E-state index contributed by atoms with van der Waals surface area (Å²) in [5, 5.41) is 2.08. The second-order valence-corrected chi connectivity index (χ2v) is 7.93. The first-order chi connectivity index (χ1) is 13.9. The maximum atomic E-state index is 12.8. The molecule has 0 aliphatic heterocycles. The second-order valence-electron chi connectivity index (χ2n) is 6.90.